The first-order valence-electron chi connectivity index (χ1n) is 13.4. The van der Waals surface area contributed by atoms with E-state index in [4.69, 9.17) is 17.2 Å². The fraction of sp³-hybridized carbons (Fsp3) is 0.536. The van der Waals surface area contributed by atoms with Gasteiger partial charge in [0.15, 0.2) is 11.7 Å². The Hall–Kier alpha value is -3.89. The normalized spacial score (nSPS) is 13.5. The lowest BCUT2D eigenvalue weighted by molar-refractivity contribution is -0.133. The minimum absolute atomic E-state index is 0.00000630. The van der Waals surface area contributed by atoms with Crippen LogP contribution in [-0.4, -0.2) is 52.0 Å². The molecule has 0 saturated carbocycles. The molecule has 0 aliphatic carbocycles. The van der Waals surface area contributed by atoms with E-state index in [0.29, 0.717) is 12.8 Å². The number of ketones is 2. The van der Waals surface area contributed by atoms with Gasteiger partial charge >= 0.3 is 0 Å². The molecule has 0 saturated heterocycles. The zero-order chi connectivity index (χ0) is 29.1. The number of nitrogens with zero attached hydrogens (tertiary/aromatic N) is 1. The molecule has 1 aromatic carbocycles. The van der Waals surface area contributed by atoms with Gasteiger partial charge in [-0.05, 0) is 55.4 Å². The predicted molar refractivity (Wildman–Crippen MR) is 151 cm³/mol. The van der Waals surface area contributed by atoms with Gasteiger partial charge in [-0.25, -0.2) is 0 Å². The lowest BCUT2D eigenvalue weighted by Gasteiger charge is -2.23. The van der Waals surface area contributed by atoms with Gasteiger partial charge in [-0.2, -0.15) is 0 Å². The van der Waals surface area contributed by atoms with Gasteiger partial charge in [0.05, 0.1) is 6.04 Å². The number of aromatic nitrogens is 1. The van der Waals surface area contributed by atoms with E-state index >= 15 is 0 Å². The molecule has 2 rings (SSSR count). The van der Waals surface area contributed by atoms with Crippen molar-refractivity contribution < 1.29 is 24.3 Å². The summed E-state index contributed by atoms with van der Waals surface area (Å²) < 4.78 is 0. The zero-order valence-corrected chi connectivity index (χ0v) is 23.0. The molecular formula is C28H42N6O5. The minimum atomic E-state index is -0.896. The van der Waals surface area contributed by atoms with Crippen molar-refractivity contribution in [3.63, 3.8) is 0 Å². The predicted octanol–water partition coefficient (Wildman–Crippen LogP) is 2.05. The molecule has 2 amide bonds. The van der Waals surface area contributed by atoms with Crippen molar-refractivity contribution in [2.45, 2.75) is 71.8 Å². The number of phenols is 1. The maximum absolute atomic E-state index is 13.5. The second kappa shape index (κ2) is 14.9. The topological polar surface area (TPSA) is 207 Å². The number of amides is 2. The first kappa shape index (κ1) is 31.3. The van der Waals surface area contributed by atoms with Crippen molar-refractivity contribution in [3.8, 4) is 5.75 Å². The molecule has 11 nitrogen and oxygen atoms in total. The molecule has 214 valence electrons. The fourth-order valence-electron chi connectivity index (χ4n) is 4.64. The standard InChI is InChI=1S/C28H42N6O5/c1-4-20(35)12-18(11-19-15-33-23-8-7-21(36)14-22(19)23)27(39)34-24(6-5-9-32-28(30)31)25(37)13-17(26(29)38)10-16(2)3/h7-8,14-18,24,33,36H,4-6,9-13H2,1-3H3,(H2,29,38)(H,34,39)(H4,30,31,32)/t17-,18-,24+/m1/s1. The van der Waals surface area contributed by atoms with Gasteiger partial charge in [0.2, 0.25) is 11.8 Å². The number of nitrogens with two attached hydrogens (primary N) is 3. The monoisotopic (exact) mass is 542 g/mol. The molecule has 0 radical (unpaired) electrons. The van der Waals surface area contributed by atoms with Crippen LogP contribution >= 0.6 is 0 Å². The maximum atomic E-state index is 13.5. The van der Waals surface area contributed by atoms with Crippen LogP contribution in [-0.2, 0) is 25.6 Å². The highest BCUT2D eigenvalue weighted by molar-refractivity contribution is 5.94. The first-order valence-corrected chi connectivity index (χ1v) is 13.4. The van der Waals surface area contributed by atoms with Gasteiger partial charge in [-0.3, -0.25) is 24.2 Å². The minimum Gasteiger partial charge on any atom is -0.508 e. The van der Waals surface area contributed by atoms with E-state index in [1.54, 1.807) is 31.3 Å². The number of aromatic hydroxyl groups is 1. The Balaban J connectivity index is 2.28. The third-order valence-corrected chi connectivity index (χ3v) is 6.71. The summed E-state index contributed by atoms with van der Waals surface area (Å²) in [5.74, 6) is -2.61. The van der Waals surface area contributed by atoms with E-state index in [9.17, 15) is 24.3 Å². The van der Waals surface area contributed by atoms with Gasteiger partial charge in [-0.15, -0.1) is 0 Å². The molecule has 9 N–H and O–H groups in total. The second-order valence-electron chi connectivity index (χ2n) is 10.5. The molecule has 0 unspecified atom stereocenters. The Bertz CT molecular complexity index is 1180. The van der Waals surface area contributed by atoms with E-state index < -0.39 is 29.7 Å². The van der Waals surface area contributed by atoms with Crippen LogP contribution in [0.4, 0.5) is 0 Å². The maximum Gasteiger partial charge on any atom is 0.224 e. The van der Waals surface area contributed by atoms with Crippen molar-refractivity contribution in [1.82, 2.24) is 10.3 Å². The third-order valence-electron chi connectivity index (χ3n) is 6.71. The number of fused-ring (bicyclic) bond motifs is 1. The number of aromatic amines is 1. The molecule has 1 aromatic heterocycles. The number of phenolic OH excluding ortho intramolecular Hbond substituents is 1. The van der Waals surface area contributed by atoms with Crippen molar-refractivity contribution in [2.24, 2.45) is 39.9 Å². The Morgan fingerprint density at radius 1 is 1.08 bits per heavy atom. The summed E-state index contributed by atoms with van der Waals surface area (Å²) in [5.41, 5.74) is 17.9. The van der Waals surface area contributed by atoms with E-state index in [2.05, 4.69) is 15.3 Å². The van der Waals surface area contributed by atoms with Gasteiger partial charge in [0.1, 0.15) is 11.5 Å². The van der Waals surface area contributed by atoms with Crippen molar-refractivity contribution in [2.75, 3.05) is 6.54 Å². The highest BCUT2D eigenvalue weighted by Crippen LogP contribution is 2.26. The molecular weight excluding hydrogens is 500 g/mol. The van der Waals surface area contributed by atoms with Crippen molar-refractivity contribution >= 4 is 40.2 Å². The van der Waals surface area contributed by atoms with Gasteiger partial charge in [0, 0.05) is 54.7 Å². The fourth-order valence-corrected chi connectivity index (χ4v) is 4.64. The Morgan fingerprint density at radius 3 is 2.41 bits per heavy atom. The number of hydrogen-bond donors (Lipinski definition) is 6. The molecule has 0 bridgehead atoms. The second-order valence-corrected chi connectivity index (χ2v) is 10.5. The van der Waals surface area contributed by atoms with Crippen LogP contribution in [0.1, 0.15) is 64.9 Å². The highest BCUT2D eigenvalue weighted by Gasteiger charge is 2.30. The van der Waals surface area contributed by atoms with E-state index in [0.717, 1.165) is 16.5 Å². The SMILES string of the molecule is CCC(=O)C[C@@H](Cc1c[nH]c2ccc(O)cc12)C(=O)N[C@@H](CCCN=C(N)N)C(=O)C[C@@H](CC(C)C)C(N)=O. The van der Waals surface area contributed by atoms with Gasteiger partial charge < -0.3 is 32.6 Å². The average molecular weight is 543 g/mol. The number of guanidine groups is 1. The van der Waals surface area contributed by atoms with E-state index in [1.807, 2.05) is 13.8 Å². The summed E-state index contributed by atoms with van der Waals surface area (Å²) in [6, 6.07) is 4.00. The summed E-state index contributed by atoms with van der Waals surface area (Å²) in [4.78, 5) is 58.3. The number of carbonyl (C=O) groups excluding carboxylic acids is 4. The van der Waals surface area contributed by atoms with E-state index in [-0.39, 0.29) is 67.8 Å². The average Bonchev–Trinajstić information content (AvgIpc) is 3.25. The summed E-state index contributed by atoms with van der Waals surface area (Å²) in [6.45, 7) is 5.88. The van der Waals surface area contributed by atoms with Crippen molar-refractivity contribution in [3.05, 3.63) is 30.0 Å². The zero-order valence-electron chi connectivity index (χ0n) is 23.0. The smallest absolute Gasteiger partial charge is 0.224 e. The van der Waals surface area contributed by atoms with Crippen LogP contribution in [0.3, 0.4) is 0 Å². The van der Waals surface area contributed by atoms with Crippen molar-refractivity contribution in [1.29, 1.82) is 0 Å². The van der Waals surface area contributed by atoms with Gasteiger partial charge in [-0.1, -0.05) is 20.8 Å². The third kappa shape index (κ3) is 10.1. The summed E-state index contributed by atoms with van der Waals surface area (Å²) in [6.07, 6.45) is 3.28. The molecule has 2 aromatic rings. The van der Waals surface area contributed by atoms with Crippen LogP contribution in [0.25, 0.3) is 10.9 Å². The van der Waals surface area contributed by atoms with E-state index in [1.165, 1.54) is 0 Å². The van der Waals surface area contributed by atoms with Crippen LogP contribution in [0.2, 0.25) is 0 Å². The molecule has 0 fully saturated rings. The molecule has 11 heteroatoms. The lowest BCUT2D eigenvalue weighted by atomic mass is 9.88. The van der Waals surface area contributed by atoms with Crippen LogP contribution in [0.15, 0.2) is 29.4 Å². The lowest BCUT2D eigenvalue weighted by Crippen LogP contribution is -2.45. The Kier molecular flexibility index (Phi) is 12.0. The molecule has 0 aliphatic heterocycles. The van der Waals surface area contributed by atoms with Gasteiger partial charge in [0.25, 0.3) is 0 Å². The molecule has 0 aliphatic rings. The number of Topliss-reactive ketones (excluding diaryl/α,β-unsaturated/α-hetero) is 2. The highest BCUT2D eigenvalue weighted by atomic mass is 16.3. The summed E-state index contributed by atoms with van der Waals surface area (Å²) >= 11 is 0. The molecule has 3 atom stereocenters. The number of carbonyl (C=O) groups is 4. The number of primary amides is 1. The van der Waals surface area contributed by atoms with Crippen LogP contribution in [0, 0.1) is 17.8 Å². The quantitative estimate of drug-likeness (QED) is 0.0995. The summed E-state index contributed by atoms with van der Waals surface area (Å²) in [7, 11) is 0. The molecule has 0 spiro atoms. The number of aliphatic imine (C=N–C) groups is 1. The molecule has 39 heavy (non-hydrogen) atoms. The first-order chi connectivity index (χ1) is 18.4. The van der Waals surface area contributed by atoms with Crippen LogP contribution < -0.4 is 22.5 Å². The Morgan fingerprint density at radius 2 is 1.79 bits per heavy atom. The number of rotatable bonds is 17. The number of hydrogen-bond acceptors (Lipinski definition) is 6. The number of H-pyrrole nitrogens is 1. The molecule has 1 heterocycles. The van der Waals surface area contributed by atoms with Crippen LogP contribution in [0.5, 0.6) is 5.75 Å². The number of nitrogens with one attached hydrogen (secondary N) is 2. The summed E-state index contributed by atoms with van der Waals surface area (Å²) in [5, 5.41) is 13.5. The Labute approximate surface area is 229 Å². The number of benzene rings is 1. The largest absolute Gasteiger partial charge is 0.508 e.